The van der Waals surface area contributed by atoms with Gasteiger partial charge in [0.1, 0.15) is 12.1 Å². The van der Waals surface area contributed by atoms with E-state index in [0.29, 0.717) is 29.9 Å². The van der Waals surface area contributed by atoms with Crippen molar-refractivity contribution in [3.63, 3.8) is 0 Å². The molecule has 2 aromatic rings. The number of rotatable bonds is 10. The summed E-state index contributed by atoms with van der Waals surface area (Å²) in [6.07, 6.45) is 3.09. The Morgan fingerprint density at radius 3 is 2.43 bits per heavy atom. The van der Waals surface area contributed by atoms with E-state index in [4.69, 9.17) is 9.63 Å². The van der Waals surface area contributed by atoms with Gasteiger partial charge in [0.25, 0.3) is 5.91 Å². The SMILES string of the molecule is CCCC(C=O)NC(=O)c1cc(-c2ccc(F)cc2)on1.CNC(CO)CC(C)C. The molecular formula is C22H32FN3O4. The van der Waals surface area contributed by atoms with E-state index < -0.39 is 11.9 Å². The molecule has 2 atom stereocenters. The lowest BCUT2D eigenvalue weighted by molar-refractivity contribution is -0.109. The summed E-state index contributed by atoms with van der Waals surface area (Å²) in [6.45, 7) is 6.47. The van der Waals surface area contributed by atoms with Crippen LogP contribution in [0.15, 0.2) is 34.9 Å². The maximum atomic E-state index is 12.8. The molecule has 166 valence electrons. The first-order valence-corrected chi connectivity index (χ1v) is 10.1. The third kappa shape index (κ3) is 8.84. The Hall–Kier alpha value is -2.58. The summed E-state index contributed by atoms with van der Waals surface area (Å²) in [7, 11) is 1.88. The topological polar surface area (TPSA) is 104 Å². The lowest BCUT2D eigenvalue weighted by atomic mass is 10.1. The maximum Gasteiger partial charge on any atom is 0.274 e. The van der Waals surface area contributed by atoms with Crippen molar-refractivity contribution in [1.82, 2.24) is 15.8 Å². The first-order chi connectivity index (χ1) is 14.3. The summed E-state index contributed by atoms with van der Waals surface area (Å²) >= 11 is 0. The molecule has 1 aromatic carbocycles. The summed E-state index contributed by atoms with van der Waals surface area (Å²) < 4.78 is 17.9. The van der Waals surface area contributed by atoms with Gasteiger partial charge in [0.05, 0.1) is 12.6 Å². The number of aliphatic hydroxyl groups excluding tert-OH is 1. The number of halogens is 1. The van der Waals surface area contributed by atoms with Gasteiger partial charge in [-0.25, -0.2) is 4.39 Å². The number of carbonyl (C=O) groups excluding carboxylic acids is 2. The lowest BCUT2D eigenvalue weighted by Gasteiger charge is -2.14. The molecule has 1 aromatic heterocycles. The van der Waals surface area contributed by atoms with Crippen molar-refractivity contribution >= 4 is 12.2 Å². The van der Waals surface area contributed by atoms with Gasteiger partial charge in [0.2, 0.25) is 0 Å². The minimum absolute atomic E-state index is 0.0808. The molecule has 0 aliphatic rings. The largest absolute Gasteiger partial charge is 0.395 e. The second-order valence-corrected chi connectivity index (χ2v) is 7.39. The highest BCUT2D eigenvalue weighted by Gasteiger charge is 2.17. The second kappa shape index (κ2) is 13.6. The molecule has 0 aliphatic carbocycles. The maximum absolute atomic E-state index is 12.8. The van der Waals surface area contributed by atoms with Gasteiger partial charge in [-0.3, -0.25) is 4.79 Å². The van der Waals surface area contributed by atoms with Crippen molar-refractivity contribution < 1.29 is 23.6 Å². The van der Waals surface area contributed by atoms with Gasteiger partial charge < -0.3 is 25.1 Å². The predicted octanol–water partition coefficient (Wildman–Crippen LogP) is 3.19. The Morgan fingerprint density at radius 1 is 1.30 bits per heavy atom. The molecule has 2 unspecified atom stereocenters. The molecule has 1 heterocycles. The van der Waals surface area contributed by atoms with E-state index >= 15 is 0 Å². The van der Waals surface area contributed by atoms with Crippen molar-refractivity contribution in [2.45, 2.75) is 52.1 Å². The summed E-state index contributed by atoms with van der Waals surface area (Å²) in [5.41, 5.74) is 0.695. The smallest absolute Gasteiger partial charge is 0.274 e. The van der Waals surface area contributed by atoms with Gasteiger partial charge in [-0.1, -0.05) is 32.3 Å². The van der Waals surface area contributed by atoms with Crippen molar-refractivity contribution in [3.8, 4) is 11.3 Å². The van der Waals surface area contributed by atoms with Crippen LogP contribution < -0.4 is 10.6 Å². The normalized spacial score (nSPS) is 12.6. The van der Waals surface area contributed by atoms with E-state index in [2.05, 4.69) is 29.6 Å². The quantitative estimate of drug-likeness (QED) is 0.509. The van der Waals surface area contributed by atoms with E-state index in [9.17, 15) is 14.0 Å². The van der Waals surface area contributed by atoms with E-state index in [1.807, 2.05) is 14.0 Å². The number of aldehydes is 1. The van der Waals surface area contributed by atoms with Crippen LogP contribution in [-0.2, 0) is 4.79 Å². The highest BCUT2D eigenvalue weighted by molar-refractivity contribution is 5.94. The minimum atomic E-state index is -0.534. The Kier molecular flexibility index (Phi) is 11.5. The Morgan fingerprint density at radius 2 is 1.97 bits per heavy atom. The molecule has 0 saturated heterocycles. The number of nitrogens with one attached hydrogen (secondary N) is 2. The van der Waals surface area contributed by atoms with Crippen molar-refractivity contribution in [3.05, 3.63) is 41.8 Å². The average molecular weight is 422 g/mol. The second-order valence-electron chi connectivity index (χ2n) is 7.39. The standard InChI is InChI=1S/C15H15FN2O3.C7H17NO/c1-2-3-12(9-19)17-15(20)13-8-14(21-18-13)10-4-6-11(16)7-5-10;1-6(2)4-7(5-9)8-3/h4-9,12H,2-3H2,1H3,(H,17,20);6-9H,4-5H2,1-3H3. The van der Waals surface area contributed by atoms with E-state index in [1.165, 1.54) is 30.3 Å². The number of carbonyl (C=O) groups is 2. The summed E-state index contributed by atoms with van der Waals surface area (Å²) in [6, 6.07) is 6.85. The molecule has 2 rings (SSSR count). The van der Waals surface area contributed by atoms with E-state index in [1.54, 1.807) is 0 Å². The van der Waals surface area contributed by atoms with Crippen LogP contribution in [0.1, 0.15) is 50.5 Å². The number of aliphatic hydroxyl groups is 1. The zero-order valence-corrected chi connectivity index (χ0v) is 18.0. The molecule has 8 heteroatoms. The van der Waals surface area contributed by atoms with Crippen LogP contribution >= 0.6 is 0 Å². The molecule has 3 N–H and O–H groups in total. The Labute approximate surface area is 177 Å². The van der Waals surface area contributed by atoms with Gasteiger partial charge in [-0.05, 0) is 50.1 Å². The third-order valence-corrected chi connectivity index (χ3v) is 4.34. The fraction of sp³-hybridized carbons (Fsp3) is 0.500. The molecule has 30 heavy (non-hydrogen) atoms. The molecular weight excluding hydrogens is 389 g/mol. The molecule has 0 aliphatic heterocycles. The number of nitrogens with zero attached hydrogens (tertiary/aromatic N) is 1. The van der Waals surface area contributed by atoms with Gasteiger partial charge in [-0.2, -0.15) is 0 Å². The van der Waals surface area contributed by atoms with Crippen LogP contribution in [0.4, 0.5) is 4.39 Å². The highest BCUT2D eigenvalue weighted by atomic mass is 19.1. The fourth-order valence-electron chi connectivity index (χ4n) is 2.71. The van der Waals surface area contributed by atoms with E-state index in [-0.39, 0.29) is 24.2 Å². The van der Waals surface area contributed by atoms with Gasteiger partial charge >= 0.3 is 0 Å². The van der Waals surface area contributed by atoms with Gasteiger partial charge in [0, 0.05) is 17.7 Å². The molecule has 0 radical (unpaired) electrons. The van der Waals surface area contributed by atoms with Crippen molar-refractivity contribution in [1.29, 1.82) is 0 Å². The van der Waals surface area contributed by atoms with Crippen LogP contribution in [0.2, 0.25) is 0 Å². The molecule has 0 saturated carbocycles. The molecule has 0 bridgehead atoms. The lowest BCUT2D eigenvalue weighted by Crippen LogP contribution is -2.36. The summed E-state index contributed by atoms with van der Waals surface area (Å²) in [5.74, 6) is 0.190. The number of aromatic nitrogens is 1. The van der Waals surface area contributed by atoms with Gasteiger partial charge in [-0.15, -0.1) is 0 Å². The zero-order valence-electron chi connectivity index (χ0n) is 18.0. The predicted molar refractivity (Wildman–Crippen MR) is 114 cm³/mol. The molecule has 7 nitrogen and oxygen atoms in total. The number of likely N-dealkylation sites (N-methyl/N-ethyl adjacent to an activating group) is 1. The summed E-state index contributed by atoms with van der Waals surface area (Å²) in [4.78, 5) is 22.8. The van der Waals surface area contributed by atoms with Crippen LogP contribution in [0.5, 0.6) is 0 Å². The average Bonchev–Trinajstić information content (AvgIpc) is 3.23. The zero-order chi connectivity index (χ0) is 22.5. The third-order valence-electron chi connectivity index (χ3n) is 4.34. The Bertz CT molecular complexity index is 758. The van der Waals surface area contributed by atoms with Crippen LogP contribution in [0, 0.1) is 11.7 Å². The number of hydrogen-bond acceptors (Lipinski definition) is 6. The number of hydrogen-bond donors (Lipinski definition) is 3. The Balaban J connectivity index is 0.000000424. The number of amides is 1. The fourth-order valence-corrected chi connectivity index (χ4v) is 2.71. The molecule has 0 spiro atoms. The number of benzene rings is 1. The minimum Gasteiger partial charge on any atom is -0.395 e. The van der Waals surface area contributed by atoms with Crippen molar-refractivity contribution in [2.24, 2.45) is 5.92 Å². The molecule has 0 fully saturated rings. The van der Waals surface area contributed by atoms with E-state index in [0.717, 1.165) is 12.8 Å². The molecule has 1 amide bonds. The first-order valence-electron chi connectivity index (χ1n) is 10.1. The van der Waals surface area contributed by atoms with Crippen LogP contribution in [-0.4, -0.2) is 48.2 Å². The highest BCUT2D eigenvalue weighted by Crippen LogP contribution is 2.20. The summed E-state index contributed by atoms with van der Waals surface area (Å²) in [5, 5.41) is 18.0. The van der Waals surface area contributed by atoms with Gasteiger partial charge in [0.15, 0.2) is 11.5 Å². The first kappa shape index (κ1) is 25.5. The van der Waals surface area contributed by atoms with Crippen LogP contribution in [0.25, 0.3) is 11.3 Å². The van der Waals surface area contributed by atoms with Crippen molar-refractivity contribution in [2.75, 3.05) is 13.7 Å². The van der Waals surface area contributed by atoms with Crippen LogP contribution in [0.3, 0.4) is 0 Å². The monoisotopic (exact) mass is 421 g/mol.